The van der Waals surface area contributed by atoms with Crippen molar-refractivity contribution in [2.45, 2.75) is 12.5 Å². The van der Waals surface area contributed by atoms with Gasteiger partial charge in [-0.3, -0.25) is 24.2 Å². The van der Waals surface area contributed by atoms with Gasteiger partial charge in [0.1, 0.15) is 5.54 Å². The summed E-state index contributed by atoms with van der Waals surface area (Å²) in [5, 5.41) is 2.72. The standard InChI is InChI=1S/C20H16BrN3O4/c1-20(14-8-4-5-9-15(14)21)18(27)24(19(28)22-20)11-10-23-16(25)12-6-2-3-7-13(12)17(23)26/h2-9H,10-11H2,1H3,(H,22,28). The number of carbonyl (C=O) groups excluding carboxylic acids is 4. The van der Waals surface area contributed by atoms with Gasteiger partial charge in [0.25, 0.3) is 17.7 Å². The van der Waals surface area contributed by atoms with Crippen molar-refractivity contribution in [3.63, 3.8) is 0 Å². The normalized spacial score (nSPS) is 21.4. The Labute approximate surface area is 169 Å². The molecule has 1 fully saturated rings. The SMILES string of the molecule is CC1(c2ccccc2Br)NC(=O)N(CCN2C(=O)c3ccccc3C2=O)C1=O. The average Bonchev–Trinajstić information content (AvgIpc) is 3.05. The van der Waals surface area contributed by atoms with E-state index in [0.29, 0.717) is 21.2 Å². The molecule has 7 nitrogen and oxygen atoms in total. The van der Waals surface area contributed by atoms with E-state index in [9.17, 15) is 19.2 Å². The number of nitrogens with one attached hydrogen (secondary N) is 1. The highest BCUT2D eigenvalue weighted by Crippen LogP contribution is 2.33. The summed E-state index contributed by atoms with van der Waals surface area (Å²) in [5.74, 6) is -1.26. The minimum atomic E-state index is -1.22. The van der Waals surface area contributed by atoms with Crippen LogP contribution in [0.25, 0.3) is 0 Å². The molecule has 142 valence electrons. The smallest absolute Gasteiger partial charge is 0.319 e. The molecule has 2 aliphatic rings. The van der Waals surface area contributed by atoms with Crippen molar-refractivity contribution >= 4 is 39.7 Å². The van der Waals surface area contributed by atoms with Crippen LogP contribution in [0, 0.1) is 0 Å². The molecule has 0 aromatic heterocycles. The van der Waals surface area contributed by atoms with Crippen LogP contribution in [0.5, 0.6) is 0 Å². The molecule has 8 heteroatoms. The first-order valence-corrected chi connectivity index (χ1v) is 9.48. The molecule has 0 radical (unpaired) electrons. The van der Waals surface area contributed by atoms with Crippen LogP contribution < -0.4 is 5.32 Å². The molecule has 2 heterocycles. The van der Waals surface area contributed by atoms with Crippen molar-refractivity contribution < 1.29 is 19.2 Å². The molecule has 0 bridgehead atoms. The van der Waals surface area contributed by atoms with Gasteiger partial charge in [0.05, 0.1) is 11.1 Å². The zero-order chi connectivity index (χ0) is 20.1. The van der Waals surface area contributed by atoms with Gasteiger partial charge in [-0.2, -0.15) is 0 Å². The molecular formula is C20H16BrN3O4. The van der Waals surface area contributed by atoms with E-state index in [1.807, 2.05) is 6.07 Å². The second kappa shape index (κ2) is 6.56. The third kappa shape index (κ3) is 2.63. The molecule has 2 aromatic rings. The lowest BCUT2D eigenvalue weighted by molar-refractivity contribution is -0.131. The van der Waals surface area contributed by atoms with Crippen molar-refractivity contribution in [2.75, 3.05) is 13.1 Å². The average molecular weight is 442 g/mol. The second-order valence-corrected chi connectivity index (χ2v) is 7.65. The lowest BCUT2D eigenvalue weighted by Gasteiger charge is -2.24. The van der Waals surface area contributed by atoms with E-state index in [4.69, 9.17) is 0 Å². The van der Waals surface area contributed by atoms with Gasteiger partial charge in [0, 0.05) is 23.1 Å². The van der Waals surface area contributed by atoms with Gasteiger partial charge >= 0.3 is 6.03 Å². The highest BCUT2D eigenvalue weighted by atomic mass is 79.9. The summed E-state index contributed by atoms with van der Waals surface area (Å²) in [6, 6.07) is 13.2. The van der Waals surface area contributed by atoms with Crippen LogP contribution in [0.4, 0.5) is 4.79 Å². The first kappa shape index (κ1) is 18.4. The summed E-state index contributed by atoms with van der Waals surface area (Å²) >= 11 is 3.41. The van der Waals surface area contributed by atoms with E-state index in [-0.39, 0.29) is 13.1 Å². The number of amides is 5. The Morgan fingerprint density at radius 1 is 0.857 bits per heavy atom. The minimum absolute atomic E-state index is 0.0580. The van der Waals surface area contributed by atoms with E-state index < -0.39 is 29.3 Å². The quantitative estimate of drug-likeness (QED) is 0.583. The molecule has 28 heavy (non-hydrogen) atoms. The molecular weight excluding hydrogens is 426 g/mol. The van der Waals surface area contributed by atoms with Gasteiger partial charge in [0.15, 0.2) is 0 Å². The van der Waals surface area contributed by atoms with Gasteiger partial charge in [-0.05, 0) is 25.1 Å². The molecule has 1 N–H and O–H groups in total. The number of hydrogen-bond acceptors (Lipinski definition) is 4. The van der Waals surface area contributed by atoms with Crippen molar-refractivity contribution in [2.24, 2.45) is 0 Å². The summed E-state index contributed by atoms with van der Waals surface area (Å²) in [4.78, 5) is 52.5. The topological polar surface area (TPSA) is 86.8 Å². The third-order valence-electron chi connectivity index (χ3n) is 5.11. The maximum Gasteiger partial charge on any atom is 0.325 e. The number of halogens is 1. The highest BCUT2D eigenvalue weighted by molar-refractivity contribution is 9.10. The Bertz CT molecular complexity index is 1000. The van der Waals surface area contributed by atoms with E-state index in [2.05, 4.69) is 21.2 Å². The third-order valence-corrected chi connectivity index (χ3v) is 5.80. The number of urea groups is 1. The Morgan fingerprint density at radius 3 is 2.00 bits per heavy atom. The molecule has 1 saturated heterocycles. The van der Waals surface area contributed by atoms with Crippen LogP contribution in [0.3, 0.4) is 0 Å². The monoisotopic (exact) mass is 441 g/mol. The fourth-order valence-electron chi connectivity index (χ4n) is 3.59. The lowest BCUT2D eigenvalue weighted by Crippen LogP contribution is -2.43. The lowest BCUT2D eigenvalue weighted by atomic mass is 9.92. The summed E-state index contributed by atoms with van der Waals surface area (Å²) in [7, 11) is 0. The number of hydrogen-bond donors (Lipinski definition) is 1. The maximum absolute atomic E-state index is 13.0. The van der Waals surface area contributed by atoms with Crippen LogP contribution in [-0.2, 0) is 10.3 Å². The van der Waals surface area contributed by atoms with Gasteiger partial charge < -0.3 is 5.32 Å². The molecule has 0 saturated carbocycles. The number of benzene rings is 2. The molecule has 5 amide bonds. The van der Waals surface area contributed by atoms with Crippen LogP contribution in [0.2, 0.25) is 0 Å². The van der Waals surface area contributed by atoms with E-state index in [1.165, 1.54) is 0 Å². The zero-order valence-corrected chi connectivity index (χ0v) is 16.5. The molecule has 0 aliphatic carbocycles. The predicted molar refractivity (Wildman–Crippen MR) is 104 cm³/mol. The number of nitrogens with zero attached hydrogens (tertiary/aromatic N) is 2. The predicted octanol–water partition coefficient (Wildman–Crippen LogP) is 2.51. The summed E-state index contributed by atoms with van der Waals surface area (Å²) in [5.41, 5.74) is 0.0844. The van der Waals surface area contributed by atoms with Crippen molar-refractivity contribution in [3.05, 3.63) is 69.7 Å². The van der Waals surface area contributed by atoms with E-state index in [0.717, 1.165) is 9.80 Å². The number of carbonyl (C=O) groups is 4. The summed E-state index contributed by atoms with van der Waals surface area (Å²) in [6.45, 7) is 1.50. The molecule has 1 atom stereocenters. The molecule has 2 aromatic carbocycles. The van der Waals surface area contributed by atoms with Gasteiger partial charge in [-0.25, -0.2) is 4.79 Å². The Kier molecular flexibility index (Phi) is 4.30. The van der Waals surface area contributed by atoms with E-state index in [1.54, 1.807) is 49.4 Å². The second-order valence-electron chi connectivity index (χ2n) is 6.80. The molecule has 4 rings (SSSR count). The molecule has 0 spiro atoms. The van der Waals surface area contributed by atoms with Crippen molar-refractivity contribution in [3.8, 4) is 0 Å². The van der Waals surface area contributed by atoms with Crippen molar-refractivity contribution in [1.82, 2.24) is 15.1 Å². The van der Waals surface area contributed by atoms with Gasteiger partial charge in [-0.15, -0.1) is 0 Å². The van der Waals surface area contributed by atoms with Gasteiger partial charge in [0.2, 0.25) is 0 Å². The van der Waals surface area contributed by atoms with Crippen LogP contribution in [-0.4, -0.2) is 46.6 Å². The Morgan fingerprint density at radius 2 is 1.39 bits per heavy atom. The fourth-order valence-corrected chi connectivity index (χ4v) is 4.27. The minimum Gasteiger partial charge on any atom is -0.319 e. The van der Waals surface area contributed by atoms with E-state index >= 15 is 0 Å². The maximum atomic E-state index is 13.0. The van der Waals surface area contributed by atoms with Crippen LogP contribution in [0.1, 0.15) is 33.2 Å². The molecule has 2 aliphatic heterocycles. The largest absolute Gasteiger partial charge is 0.325 e. The molecule has 1 unspecified atom stereocenters. The first-order chi connectivity index (χ1) is 13.3. The highest BCUT2D eigenvalue weighted by Gasteiger charge is 2.50. The fraction of sp³-hybridized carbons (Fsp3) is 0.200. The number of imide groups is 2. The Balaban J connectivity index is 1.53. The summed E-state index contributed by atoms with van der Waals surface area (Å²) in [6.07, 6.45) is 0. The summed E-state index contributed by atoms with van der Waals surface area (Å²) < 4.78 is 0.702. The zero-order valence-electron chi connectivity index (χ0n) is 14.9. The van der Waals surface area contributed by atoms with Crippen LogP contribution >= 0.6 is 15.9 Å². The van der Waals surface area contributed by atoms with Crippen LogP contribution in [0.15, 0.2) is 53.0 Å². The van der Waals surface area contributed by atoms with Gasteiger partial charge in [-0.1, -0.05) is 46.3 Å². The number of rotatable bonds is 4. The number of fused-ring (bicyclic) bond motifs is 1. The van der Waals surface area contributed by atoms with Crippen molar-refractivity contribution in [1.29, 1.82) is 0 Å². The Hall–Kier alpha value is -3.00. The first-order valence-electron chi connectivity index (χ1n) is 8.69.